The molecule has 1 aliphatic rings. The van der Waals surface area contributed by atoms with Gasteiger partial charge in [-0.1, -0.05) is 19.1 Å². The van der Waals surface area contributed by atoms with E-state index >= 15 is 0 Å². The van der Waals surface area contributed by atoms with Gasteiger partial charge in [-0.05, 0) is 55.2 Å². The van der Waals surface area contributed by atoms with Crippen molar-refractivity contribution in [2.75, 3.05) is 19.4 Å². The average molecular weight is 418 g/mol. The number of hydrogen-bond donors (Lipinski definition) is 1. The second-order valence-corrected chi connectivity index (χ2v) is 7.54. The number of hydrogen-bond acceptors (Lipinski definition) is 5. The van der Waals surface area contributed by atoms with Crippen molar-refractivity contribution < 1.29 is 14.4 Å². The molecule has 0 saturated carbocycles. The predicted octanol–water partition coefficient (Wildman–Crippen LogP) is 3.85. The number of aliphatic imine (C=N–C) groups is 1. The van der Waals surface area contributed by atoms with Gasteiger partial charge < -0.3 is 5.32 Å². The van der Waals surface area contributed by atoms with E-state index < -0.39 is 5.92 Å². The van der Waals surface area contributed by atoms with Gasteiger partial charge >= 0.3 is 0 Å². The van der Waals surface area contributed by atoms with Crippen LogP contribution in [0.2, 0.25) is 0 Å². The molecule has 1 unspecified atom stereocenters. The maximum absolute atomic E-state index is 12.9. The standard InChI is InChI=1S/C24H26N4O3/c1-6-7-16(12-25-4)17-8-9-20(26-13-17)27-22(29)15(3)18-10-14(2)11-19-21(18)24(31)28(5)23(19)30/h7-13,15H,6H2,1-5H3,(H,26,27,29)/b16-7+,25-12?. The monoisotopic (exact) mass is 418 g/mol. The molecule has 31 heavy (non-hydrogen) atoms. The summed E-state index contributed by atoms with van der Waals surface area (Å²) in [5, 5.41) is 2.81. The minimum Gasteiger partial charge on any atom is -0.310 e. The number of pyridine rings is 1. The van der Waals surface area contributed by atoms with Crippen LogP contribution in [0.15, 0.2) is 41.5 Å². The third-order valence-electron chi connectivity index (χ3n) is 5.27. The molecular weight excluding hydrogens is 392 g/mol. The van der Waals surface area contributed by atoms with Crippen molar-refractivity contribution in [1.82, 2.24) is 9.88 Å². The van der Waals surface area contributed by atoms with Gasteiger partial charge in [0.1, 0.15) is 5.82 Å². The molecule has 7 nitrogen and oxygen atoms in total. The third-order valence-corrected chi connectivity index (χ3v) is 5.27. The van der Waals surface area contributed by atoms with Crippen LogP contribution < -0.4 is 5.32 Å². The Morgan fingerprint density at radius 3 is 2.61 bits per heavy atom. The summed E-state index contributed by atoms with van der Waals surface area (Å²) in [7, 11) is 3.16. The molecule has 7 heteroatoms. The number of fused-ring (bicyclic) bond motifs is 1. The van der Waals surface area contributed by atoms with Crippen LogP contribution in [0.3, 0.4) is 0 Å². The number of amides is 3. The highest BCUT2D eigenvalue weighted by atomic mass is 16.2. The van der Waals surface area contributed by atoms with Gasteiger partial charge in [0.05, 0.1) is 17.0 Å². The van der Waals surface area contributed by atoms with Crippen LogP contribution in [0.5, 0.6) is 0 Å². The van der Waals surface area contributed by atoms with E-state index in [1.807, 2.05) is 19.9 Å². The summed E-state index contributed by atoms with van der Waals surface area (Å²) >= 11 is 0. The molecule has 2 aromatic rings. The lowest BCUT2D eigenvalue weighted by atomic mass is 9.90. The highest BCUT2D eigenvalue weighted by Gasteiger charge is 2.37. The van der Waals surface area contributed by atoms with Crippen molar-refractivity contribution >= 4 is 35.3 Å². The van der Waals surface area contributed by atoms with E-state index in [9.17, 15) is 14.4 Å². The highest BCUT2D eigenvalue weighted by Crippen LogP contribution is 2.31. The smallest absolute Gasteiger partial charge is 0.261 e. The number of carbonyl (C=O) groups is 3. The molecule has 3 rings (SSSR count). The molecule has 2 heterocycles. The summed E-state index contributed by atoms with van der Waals surface area (Å²) < 4.78 is 0. The Bertz CT molecular complexity index is 1100. The van der Waals surface area contributed by atoms with E-state index in [1.165, 1.54) is 7.05 Å². The molecule has 0 fully saturated rings. The van der Waals surface area contributed by atoms with Crippen molar-refractivity contribution in [3.8, 4) is 0 Å². The number of rotatable bonds is 6. The van der Waals surface area contributed by atoms with Gasteiger partial charge in [-0.15, -0.1) is 0 Å². The first-order chi connectivity index (χ1) is 14.8. The number of aromatic nitrogens is 1. The molecule has 3 amide bonds. The van der Waals surface area contributed by atoms with Gasteiger partial charge in [-0.3, -0.25) is 24.3 Å². The van der Waals surface area contributed by atoms with E-state index in [1.54, 1.807) is 44.6 Å². The Morgan fingerprint density at radius 2 is 2.00 bits per heavy atom. The second kappa shape index (κ2) is 9.04. The van der Waals surface area contributed by atoms with E-state index in [-0.39, 0.29) is 17.7 Å². The fraction of sp³-hybridized carbons (Fsp3) is 0.292. The van der Waals surface area contributed by atoms with Crippen LogP contribution in [0.25, 0.3) is 5.57 Å². The van der Waals surface area contributed by atoms with E-state index in [0.717, 1.165) is 28.0 Å². The lowest BCUT2D eigenvalue weighted by molar-refractivity contribution is -0.117. The first-order valence-corrected chi connectivity index (χ1v) is 10.1. The van der Waals surface area contributed by atoms with Crippen molar-refractivity contribution in [1.29, 1.82) is 0 Å². The van der Waals surface area contributed by atoms with Crippen molar-refractivity contribution in [3.63, 3.8) is 0 Å². The zero-order valence-corrected chi connectivity index (χ0v) is 18.4. The van der Waals surface area contributed by atoms with Crippen LogP contribution in [0.1, 0.15) is 63.6 Å². The van der Waals surface area contributed by atoms with Crippen LogP contribution in [0, 0.1) is 6.92 Å². The number of imide groups is 1. The normalized spacial score (nSPS) is 14.9. The minimum absolute atomic E-state index is 0.303. The van der Waals surface area contributed by atoms with E-state index in [4.69, 9.17) is 0 Å². The van der Waals surface area contributed by atoms with Gasteiger partial charge in [0.15, 0.2) is 0 Å². The number of nitrogens with one attached hydrogen (secondary N) is 1. The largest absolute Gasteiger partial charge is 0.310 e. The predicted molar refractivity (Wildman–Crippen MR) is 122 cm³/mol. The summed E-state index contributed by atoms with van der Waals surface area (Å²) in [6, 6.07) is 7.08. The molecule has 1 aromatic heterocycles. The number of carbonyl (C=O) groups excluding carboxylic acids is 3. The van der Waals surface area contributed by atoms with Crippen LogP contribution in [0.4, 0.5) is 5.82 Å². The second-order valence-electron chi connectivity index (χ2n) is 7.54. The lowest BCUT2D eigenvalue weighted by Crippen LogP contribution is -2.25. The molecule has 1 N–H and O–H groups in total. The number of anilines is 1. The topological polar surface area (TPSA) is 91.7 Å². The fourth-order valence-corrected chi connectivity index (χ4v) is 3.62. The Morgan fingerprint density at radius 1 is 1.26 bits per heavy atom. The van der Waals surface area contributed by atoms with Gasteiger partial charge in [0.2, 0.25) is 5.91 Å². The Hall–Kier alpha value is -3.61. The fourth-order valence-electron chi connectivity index (χ4n) is 3.62. The summed E-state index contributed by atoms with van der Waals surface area (Å²) in [5.41, 5.74) is 3.88. The number of nitrogens with zero attached hydrogens (tertiary/aromatic N) is 3. The minimum atomic E-state index is -0.638. The zero-order chi connectivity index (χ0) is 22.7. The summed E-state index contributed by atoms with van der Waals surface area (Å²) in [4.78, 5) is 47.4. The average Bonchev–Trinajstić information content (AvgIpc) is 2.97. The first-order valence-electron chi connectivity index (χ1n) is 10.1. The summed E-state index contributed by atoms with van der Waals surface area (Å²) in [6.07, 6.45) is 6.38. The highest BCUT2D eigenvalue weighted by molar-refractivity contribution is 6.22. The number of allylic oxidation sites excluding steroid dienone is 2. The Kier molecular flexibility index (Phi) is 6.44. The molecule has 1 atom stereocenters. The number of aryl methyl sites for hydroxylation is 1. The number of benzene rings is 1. The van der Waals surface area contributed by atoms with Gasteiger partial charge in [-0.2, -0.15) is 0 Å². The summed E-state index contributed by atoms with van der Waals surface area (Å²) in [5.74, 6) is -1.26. The molecule has 1 aliphatic heterocycles. The maximum atomic E-state index is 12.9. The van der Waals surface area contributed by atoms with Crippen LogP contribution in [-0.4, -0.2) is 47.9 Å². The molecule has 160 valence electrons. The molecular formula is C24H26N4O3. The molecule has 0 spiro atoms. The van der Waals surface area contributed by atoms with Gasteiger partial charge in [0, 0.05) is 32.1 Å². The first kappa shape index (κ1) is 22.1. The Labute approximate surface area is 181 Å². The zero-order valence-electron chi connectivity index (χ0n) is 18.4. The van der Waals surface area contributed by atoms with Crippen molar-refractivity contribution in [3.05, 3.63) is 64.4 Å². The molecule has 1 aromatic carbocycles. The lowest BCUT2D eigenvalue weighted by Gasteiger charge is -2.16. The van der Waals surface area contributed by atoms with E-state index in [2.05, 4.69) is 21.4 Å². The molecule has 0 saturated heterocycles. The van der Waals surface area contributed by atoms with Gasteiger partial charge in [-0.25, -0.2) is 4.98 Å². The quantitative estimate of drug-likeness (QED) is 0.570. The van der Waals surface area contributed by atoms with Crippen molar-refractivity contribution in [2.45, 2.75) is 33.1 Å². The Balaban J connectivity index is 1.84. The SMILES string of the molecule is CC/C=C(\C=NC)c1ccc(NC(=O)C(C)c2cc(C)cc3c2C(=O)N(C)C3=O)nc1. The van der Waals surface area contributed by atoms with Crippen LogP contribution in [-0.2, 0) is 4.79 Å². The van der Waals surface area contributed by atoms with Crippen LogP contribution >= 0.6 is 0 Å². The van der Waals surface area contributed by atoms with Crippen molar-refractivity contribution in [2.24, 2.45) is 4.99 Å². The third kappa shape index (κ3) is 4.30. The van der Waals surface area contributed by atoms with E-state index in [0.29, 0.717) is 22.5 Å². The summed E-state index contributed by atoms with van der Waals surface area (Å²) in [6.45, 7) is 5.60. The molecule has 0 bridgehead atoms. The van der Waals surface area contributed by atoms with Gasteiger partial charge in [0.25, 0.3) is 11.8 Å². The maximum Gasteiger partial charge on any atom is 0.261 e. The molecule has 0 aliphatic carbocycles. The molecule has 0 radical (unpaired) electrons.